The van der Waals surface area contributed by atoms with Crippen molar-refractivity contribution in [3.05, 3.63) is 0 Å². The van der Waals surface area contributed by atoms with Crippen LogP contribution in [-0.2, 0) is 0 Å². The van der Waals surface area contributed by atoms with Crippen molar-refractivity contribution in [2.75, 3.05) is 27.2 Å². The molecule has 0 aliphatic carbocycles. The van der Waals surface area contributed by atoms with Gasteiger partial charge < -0.3 is 9.80 Å². The summed E-state index contributed by atoms with van der Waals surface area (Å²) in [5.41, 5.74) is 0. The van der Waals surface area contributed by atoms with Crippen molar-refractivity contribution < 1.29 is 9.59 Å². The molecule has 0 aliphatic heterocycles. The van der Waals surface area contributed by atoms with Gasteiger partial charge in [0.1, 0.15) is 0 Å². The lowest BCUT2D eigenvalue weighted by Gasteiger charge is -2.12. The van der Waals surface area contributed by atoms with Gasteiger partial charge in [-0.1, -0.05) is 0 Å². The number of nitrogens with zero attached hydrogens (tertiary/aromatic N) is 2. The van der Waals surface area contributed by atoms with Crippen molar-refractivity contribution in [2.24, 2.45) is 0 Å². The highest BCUT2D eigenvalue weighted by Crippen LogP contribution is 1.93. The van der Waals surface area contributed by atoms with Crippen LogP contribution in [0.2, 0.25) is 0 Å². The largest absolute Gasteiger partial charge is 0.335 e. The molecule has 6 heteroatoms. The second-order valence-corrected chi connectivity index (χ2v) is 3.22. The van der Waals surface area contributed by atoms with Crippen molar-refractivity contribution in [2.45, 2.75) is 13.8 Å². The Balaban J connectivity index is 0. The summed E-state index contributed by atoms with van der Waals surface area (Å²) in [5, 5.41) is -0.801. The minimum Gasteiger partial charge on any atom is -0.335 e. The van der Waals surface area contributed by atoms with Gasteiger partial charge in [0, 0.05) is 27.2 Å². The molecule has 0 atom stereocenters. The average Bonchev–Trinajstić information content (AvgIpc) is 2.06. The number of amides is 2. The molecule has 84 valence electrons. The second kappa shape index (κ2) is 9.09. The fraction of sp³-hybridized carbons (Fsp3) is 0.750. The molecule has 14 heavy (non-hydrogen) atoms. The Labute approximate surface area is 94.7 Å². The van der Waals surface area contributed by atoms with Gasteiger partial charge in [0.25, 0.3) is 0 Å². The molecule has 0 heterocycles. The van der Waals surface area contributed by atoms with E-state index in [1.165, 1.54) is 4.90 Å². The van der Waals surface area contributed by atoms with Gasteiger partial charge >= 0.3 is 10.7 Å². The molecule has 0 unspecified atom stereocenters. The van der Waals surface area contributed by atoms with E-state index in [-0.39, 0.29) is 5.37 Å². The highest BCUT2D eigenvalue weighted by molar-refractivity contribution is 6.63. The number of halogens is 2. The molecule has 0 rings (SSSR count). The zero-order valence-corrected chi connectivity index (χ0v) is 10.4. The molecule has 0 aliphatic rings. The van der Waals surface area contributed by atoms with E-state index in [2.05, 4.69) is 0 Å². The molecule has 0 radical (unpaired) electrons. The van der Waals surface area contributed by atoms with Gasteiger partial charge in [0.2, 0.25) is 0 Å². The summed E-state index contributed by atoms with van der Waals surface area (Å²) in [6, 6.07) is 0. The minimum atomic E-state index is -0.435. The summed E-state index contributed by atoms with van der Waals surface area (Å²) in [6.07, 6.45) is 0. The van der Waals surface area contributed by atoms with Gasteiger partial charge in [-0.2, -0.15) is 0 Å². The van der Waals surface area contributed by atoms with Crippen LogP contribution in [0, 0.1) is 0 Å². The molecule has 4 nitrogen and oxygen atoms in total. The Morgan fingerprint density at radius 2 is 1.29 bits per heavy atom. The zero-order valence-electron chi connectivity index (χ0n) is 8.88. The van der Waals surface area contributed by atoms with Gasteiger partial charge in [0.15, 0.2) is 0 Å². The van der Waals surface area contributed by atoms with Crippen molar-refractivity contribution in [3.63, 3.8) is 0 Å². The lowest BCUT2D eigenvalue weighted by Crippen LogP contribution is -2.24. The maximum atomic E-state index is 10.3. The number of carbonyl (C=O) groups excluding carboxylic acids is 2. The standard InChI is InChI=1S/C5H10ClNO.C3H6ClNO/c1-3-7(4-2)5(6)8;1-5(2)3(4)6/h3-4H2,1-2H3;1-2H3. The van der Waals surface area contributed by atoms with E-state index in [4.69, 9.17) is 23.2 Å². The fourth-order valence-corrected chi connectivity index (χ4v) is 0.711. The molecular weight excluding hydrogens is 227 g/mol. The molecular formula is C8H16Cl2N2O2. The summed E-state index contributed by atoms with van der Waals surface area (Å²) < 4.78 is 0. The third-order valence-electron chi connectivity index (χ3n) is 1.36. The number of carbonyl (C=O) groups is 2. The second-order valence-electron chi connectivity index (χ2n) is 2.57. The molecule has 0 aromatic heterocycles. The van der Waals surface area contributed by atoms with Gasteiger partial charge in [0.05, 0.1) is 0 Å². The Morgan fingerprint density at radius 3 is 1.29 bits per heavy atom. The van der Waals surface area contributed by atoms with E-state index in [0.717, 1.165) is 0 Å². The van der Waals surface area contributed by atoms with Gasteiger partial charge in [-0.05, 0) is 37.0 Å². The van der Waals surface area contributed by atoms with Crippen LogP contribution in [0.4, 0.5) is 9.59 Å². The summed E-state index contributed by atoms with van der Waals surface area (Å²) in [4.78, 5) is 23.0. The monoisotopic (exact) mass is 242 g/mol. The molecule has 0 saturated heterocycles. The van der Waals surface area contributed by atoms with Crippen molar-refractivity contribution in [1.82, 2.24) is 9.80 Å². The highest BCUT2D eigenvalue weighted by Gasteiger charge is 2.02. The van der Waals surface area contributed by atoms with Crippen molar-refractivity contribution in [3.8, 4) is 0 Å². The Kier molecular flexibility index (Phi) is 10.4. The molecule has 0 bridgehead atoms. The molecule has 0 spiro atoms. The van der Waals surface area contributed by atoms with E-state index in [0.29, 0.717) is 13.1 Å². The van der Waals surface area contributed by atoms with E-state index >= 15 is 0 Å². The Hall–Kier alpha value is -0.480. The molecule has 0 aromatic rings. The molecule has 2 amide bonds. The Morgan fingerprint density at radius 1 is 1.00 bits per heavy atom. The predicted molar refractivity (Wildman–Crippen MR) is 59.1 cm³/mol. The van der Waals surface area contributed by atoms with Crippen LogP contribution < -0.4 is 0 Å². The third kappa shape index (κ3) is 9.61. The van der Waals surface area contributed by atoms with Crippen LogP contribution in [0.1, 0.15) is 13.8 Å². The van der Waals surface area contributed by atoms with E-state index in [1.807, 2.05) is 13.8 Å². The molecule has 0 fully saturated rings. The van der Waals surface area contributed by atoms with Crippen LogP contribution >= 0.6 is 23.2 Å². The molecule has 0 saturated carbocycles. The van der Waals surface area contributed by atoms with Crippen LogP contribution in [0.25, 0.3) is 0 Å². The first-order valence-corrected chi connectivity index (χ1v) is 4.93. The Bertz CT molecular complexity index is 182. The van der Waals surface area contributed by atoms with E-state index in [9.17, 15) is 9.59 Å². The van der Waals surface area contributed by atoms with Crippen molar-refractivity contribution in [1.29, 1.82) is 0 Å². The van der Waals surface area contributed by atoms with Crippen molar-refractivity contribution >= 4 is 33.9 Å². The normalized spacial score (nSPS) is 8.43. The van der Waals surface area contributed by atoms with E-state index < -0.39 is 5.37 Å². The predicted octanol–water partition coefficient (Wildman–Crippen LogP) is 2.59. The first-order chi connectivity index (χ1) is 6.36. The van der Waals surface area contributed by atoms with E-state index in [1.54, 1.807) is 19.0 Å². The maximum Gasteiger partial charge on any atom is 0.316 e. The third-order valence-corrected chi connectivity index (χ3v) is 1.94. The SMILES string of the molecule is CCN(CC)C(=O)Cl.CN(C)C(=O)Cl. The van der Waals surface area contributed by atoms with Crippen LogP contribution in [0.15, 0.2) is 0 Å². The minimum absolute atomic E-state index is 0.366. The summed E-state index contributed by atoms with van der Waals surface area (Å²) in [6.45, 7) is 5.17. The number of rotatable bonds is 2. The van der Waals surface area contributed by atoms with Gasteiger partial charge in [-0.15, -0.1) is 0 Å². The maximum absolute atomic E-state index is 10.3. The van der Waals surface area contributed by atoms with Crippen LogP contribution in [0.3, 0.4) is 0 Å². The first kappa shape index (κ1) is 16.0. The summed E-state index contributed by atoms with van der Waals surface area (Å²) in [7, 11) is 3.19. The number of hydrogen-bond acceptors (Lipinski definition) is 2. The lowest BCUT2D eigenvalue weighted by atomic mass is 10.6. The lowest BCUT2D eigenvalue weighted by molar-refractivity contribution is 0.227. The quantitative estimate of drug-likeness (QED) is 0.552. The highest BCUT2D eigenvalue weighted by atomic mass is 35.5. The van der Waals surface area contributed by atoms with Crippen LogP contribution in [0.5, 0.6) is 0 Å². The summed E-state index contributed by atoms with van der Waals surface area (Å²) in [5.74, 6) is 0. The number of hydrogen-bond donors (Lipinski definition) is 0. The average molecular weight is 243 g/mol. The van der Waals surface area contributed by atoms with Crippen LogP contribution in [-0.4, -0.2) is 47.7 Å². The van der Waals surface area contributed by atoms with Gasteiger partial charge in [-0.25, -0.2) is 0 Å². The molecule has 0 aromatic carbocycles. The topological polar surface area (TPSA) is 40.6 Å². The zero-order chi connectivity index (χ0) is 11.7. The summed E-state index contributed by atoms with van der Waals surface area (Å²) >= 11 is 10.0. The smallest absolute Gasteiger partial charge is 0.316 e. The first-order valence-electron chi connectivity index (χ1n) is 4.17. The fourth-order valence-electron chi connectivity index (χ4n) is 0.472. The molecule has 0 N–H and O–H groups in total. The van der Waals surface area contributed by atoms with Gasteiger partial charge in [-0.3, -0.25) is 9.59 Å².